The second kappa shape index (κ2) is 3.84. The van der Waals surface area contributed by atoms with Gasteiger partial charge in [0.25, 0.3) is 0 Å². The van der Waals surface area contributed by atoms with Gasteiger partial charge in [0.1, 0.15) is 0 Å². The lowest BCUT2D eigenvalue weighted by molar-refractivity contribution is 0.690. The van der Waals surface area contributed by atoms with E-state index in [1.165, 1.54) is 5.56 Å². The smallest absolute Gasteiger partial charge is 0.159 e. The molecule has 0 aliphatic heterocycles. The molecule has 14 heavy (non-hydrogen) atoms. The highest BCUT2D eigenvalue weighted by molar-refractivity contribution is 9.10. The second-order valence-corrected chi connectivity index (χ2v) is 3.90. The molecule has 1 heterocycles. The van der Waals surface area contributed by atoms with Crippen molar-refractivity contribution in [1.29, 1.82) is 0 Å². The van der Waals surface area contributed by atoms with Gasteiger partial charge in [0.15, 0.2) is 5.82 Å². The Kier molecular flexibility index (Phi) is 2.54. The van der Waals surface area contributed by atoms with E-state index in [0.717, 1.165) is 11.0 Å². The summed E-state index contributed by atoms with van der Waals surface area (Å²) < 4.78 is 2.66. The summed E-state index contributed by atoms with van der Waals surface area (Å²) in [6.45, 7) is 0.747. The van der Waals surface area contributed by atoms with Gasteiger partial charge in [-0.15, -0.1) is 0 Å². The molecule has 1 aromatic heterocycles. The number of hydrogen-bond donors (Lipinski definition) is 1. The van der Waals surface area contributed by atoms with Gasteiger partial charge in [0, 0.05) is 6.20 Å². The van der Waals surface area contributed by atoms with Crippen molar-refractivity contribution in [1.82, 2.24) is 9.78 Å². The van der Waals surface area contributed by atoms with Crippen LogP contribution in [0.3, 0.4) is 0 Å². The third-order valence-electron chi connectivity index (χ3n) is 1.93. The summed E-state index contributed by atoms with van der Waals surface area (Å²) in [5.41, 5.74) is 6.83. The fourth-order valence-electron chi connectivity index (χ4n) is 1.26. The fourth-order valence-corrected chi connectivity index (χ4v) is 1.58. The molecule has 2 aromatic rings. The summed E-state index contributed by atoms with van der Waals surface area (Å²) in [5.74, 6) is 0.529. The van der Waals surface area contributed by atoms with Crippen LogP contribution in [0.4, 0.5) is 5.82 Å². The van der Waals surface area contributed by atoms with Gasteiger partial charge in [-0.25, -0.2) is 0 Å². The van der Waals surface area contributed by atoms with Crippen molar-refractivity contribution in [3.05, 3.63) is 46.6 Å². The summed E-state index contributed by atoms with van der Waals surface area (Å²) >= 11 is 3.32. The molecule has 1 aromatic carbocycles. The van der Waals surface area contributed by atoms with E-state index >= 15 is 0 Å². The molecule has 0 radical (unpaired) electrons. The predicted molar refractivity (Wildman–Crippen MR) is 59.9 cm³/mol. The molecule has 0 bridgehead atoms. The zero-order valence-corrected chi connectivity index (χ0v) is 9.11. The van der Waals surface area contributed by atoms with Gasteiger partial charge in [-0.3, -0.25) is 4.68 Å². The number of aromatic nitrogens is 2. The number of nitrogens with two attached hydrogens (primary N) is 1. The van der Waals surface area contributed by atoms with Crippen LogP contribution in [0, 0.1) is 0 Å². The first-order valence-electron chi connectivity index (χ1n) is 4.28. The van der Waals surface area contributed by atoms with Crippen LogP contribution >= 0.6 is 15.9 Å². The molecule has 0 amide bonds. The molecular formula is C10H10BrN3. The zero-order chi connectivity index (χ0) is 9.97. The predicted octanol–water partition coefficient (Wildman–Crippen LogP) is 2.28. The lowest BCUT2D eigenvalue weighted by Gasteiger charge is -2.00. The van der Waals surface area contributed by atoms with Crippen LogP contribution in [-0.4, -0.2) is 9.78 Å². The largest absolute Gasteiger partial charge is 0.381 e. The Morgan fingerprint density at radius 2 is 2.00 bits per heavy atom. The van der Waals surface area contributed by atoms with Crippen molar-refractivity contribution in [2.45, 2.75) is 6.54 Å². The van der Waals surface area contributed by atoms with E-state index in [0.29, 0.717) is 5.82 Å². The molecule has 2 rings (SSSR count). The first-order valence-corrected chi connectivity index (χ1v) is 5.07. The topological polar surface area (TPSA) is 43.8 Å². The average Bonchev–Trinajstić information content (AvgIpc) is 2.47. The third kappa shape index (κ3) is 1.96. The van der Waals surface area contributed by atoms with E-state index in [1.54, 1.807) is 0 Å². The van der Waals surface area contributed by atoms with Gasteiger partial charge in [-0.1, -0.05) is 30.3 Å². The van der Waals surface area contributed by atoms with E-state index in [2.05, 4.69) is 33.2 Å². The Balaban J connectivity index is 2.19. The average molecular weight is 252 g/mol. The van der Waals surface area contributed by atoms with Crippen LogP contribution in [0.2, 0.25) is 0 Å². The van der Waals surface area contributed by atoms with Crippen molar-refractivity contribution in [2.24, 2.45) is 0 Å². The molecule has 0 aliphatic rings. The summed E-state index contributed by atoms with van der Waals surface area (Å²) in [4.78, 5) is 0. The Hall–Kier alpha value is -1.29. The maximum atomic E-state index is 5.62. The highest BCUT2D eigenvalue weighted by Gasteiger charge is 2.01. The molecule has 0 saturated carbocycles. The van der Waals surface area contributed by atoms with Gasteiger partial charge in [0.2, 0.25) is 0 Å². The SMILES string of the molecule is Nc1nn(Cc2ccccc2)cc1Br. The maximum Gasteiger partial charge on any atom is 0.159 e. The first kappa shape index (κ1) is 9.27. The normalized spacial score (nSPS) is 10.4. The molecule has 0 aliphatic carbocycles. The lowest BCUT2D eigenvalue weighted by atomic mass is 10.2. The maximum absolute atomic E-state index is 5.62. The minimum absolute atomic E-state index is 0.529. The molecular weight excluding hydrogens is 242 g/mol. The number of rotatable bonds is 2. The molecule has 4 heteroatoms. The number of benzene rings is 1. The Bertz CT molecular complexity index is 403. The van der Waals surface area contributed by atoms with Crippen molar-refractivity contribution < 1.29 is 0 Å². The fraction of sp³-hybridized carbons (Fsp3) is 0.100. The van der Waals surface area contributed by atoms with Crippen LogP contribution < -0.4 is 5.73 Å². The Labute approximate surface area is 90.7 Å². The van der Waals surface area contributed by atoms with Gasteiger partial charge >= 0.3 is 0 Å². The summed E-state index contributed by atoms with van der Waals surface area (Å²) in [6.07, 6.45) is 1.88. The quantitative estimate of drug-likeness (QED) is 0.890. The van der Waals surface area contributed by atoms with Crippen LogP contribution in [-0.2, 0) is 6.54 Å². The third-order valence-corrected chi connectivity index (χ3v) is 2.54. The summed E-state index contributed by atoms with van der Waals surface area (Å²) in [6, 6.07) is 10.1. The summed E-state index contributed by atoms with van der Waals surface area (Å²) in [7, 11) is 0. The standard InChI is InChI=1S/C10H10BrN3/c11-9-7-14(13-10(9)12)6-8-4-2-1-3-5-8/h1-5,7H,6H2,(H2,12,13). The molecule has 72 valence electrons. The van der Waals surface area contributed by atoms with Gasteiger partial charge in [0.05, 0.1) is 11.0 Å². The van der Waals surface area contributed by atoms with E-state index < -0.39 is 0 Å². The zero-order valence-electron chi connectivity index (χ0n) is 7.52. The van der Waals surface area contributed by atoms with Crippen LogP contribution in [0.15, 0.2) is 41.0 Å². The number of anilines is 1. The molecule has 0 fully saturated rings. The van der Waals surface area contributed by atoms with Crippen molar-refractivity contribution >= 4 is 21.7 Å². The van der Waals surface area contributed by atoms with Gasteiger partial charge in [-0.05, 0) is 21.5 Å². The highest BCUT2D eigenvalue weighted by atomic mass is 79.9. The van der Waals surface area contributed by atoms with Crippen LogP contribution in [0.1, 0.15) is 5.56 Å². The number of hydrogen-bond acceptors (Lipinski definition) is 2. The van der Waals surface area contributed by atoms with Crippen LogP contribution in [0.5, 0.6) is 0 Å². The first-order chi connectivity index (χ1) is 6.75. The molecule has 0 atom stereocenters. The molecule has 2 N–H and O–H groups in total. The van der Waals surface area contributed by atoms with E-state index in [1.807, 2.05) is 29.1 Å². The van der Waals surface area contributed by atoms with Crippen molar-refractivity contribution in [3.8, 4) is 0 Å². The second-order valence-electron chi connectivity index (χ2n) is 3.05. The Morgan fingerprint density at radius 1 is 1.29 bits per heavy atom. The molecule has 0 saturated heterocycles. The molecule has 0 unspecified atom stereocenters. The van der Waals surface area contributed by atoms with Crippen LogP contribution in [0.25, 0.3) is 0 Å². The highest BCUT2D eigenvalue weighted by Crippen LogP contribution is 2.16. The van der Waals surface area contributed by atoms with Gasteiger partial charge < -0.3 is 5.73 Å². The molecule has 3 nitrogen and oxygen atoms in total. The minimum Gasteiger partial charge on any atom is -0.381 e. The molecule has 0 spiro atoms. The van der Waals surface area contributed by atoms with Gasteiger partial charge in [-0.2, -0.15) is 5.10 Å². The van der Waals surface area contributed by atoms with Crippen molar-refractivity contribution in [2.75, 3.05) is 5.73 Å². The Morgan fingerprint density at radius 3 is 2.57 bits per heavy atom. The van der Waals surface area contributed by atoms with E-state index in [4.69, 9.17) is 5.73 Å². The van der Waals surface area contributed by atoms with Crippen molar-refractivity contribution in [3.63, 3.8) is 0 Å². The lowest BCUT2D eigenvalue weighted by Crippen LogP contribution is -2.00. The van der Waals surface area contributed by atoms with E-state index in [9.17, 15) is 0 Å². The monoisotopic (exact) mass is 251 g/mol. The van der Waals surface area contributed by atoms with E-state index in [-0.39, 0.29) is 0 Å². The summed E-state index contributed by atoms with van der Waals surface area (Å²) in [5, 5.41) is 4.15. The number of halogens is 1. The number of nitrogen functional groups attached to an aromatic ring is 1. The number of nitrogens with zero attached hydrogens (tertiary/aromatic N) is 2. The minimum atomic E-state index is 0.529.